The normalized spacial score (nSPS) is 11.5. The quantitative estimate of drug-likeness (QED) is 0.486. The van der Waals surface area contributed by atoms with Crippen molar-refractivity contribution in [1.82, 2.24) is 4.47 Å². The van der Waals surface area contributed by atoms with Gasteiger partial charge in [-0.2, -0.15) is 0 Å². The standard InChI is InChI=1S/C22H24ClNO5S/c1-22(2,3)16-21(25)29-24(4)30(26,27)20-13-11-19(12-14-20)28-15-5-6-17-7-9-18(23)10-8-17/h7-14H,15-16H2,1-4H3. The van der Waals surface area contributed by atoms with Crippen molar-refractivity contribution in [2.45, 2.75) is 32.1 Å². The number of rotatable bonds is 6. The average molecular weight is 450 g/mol. The number of hydrogen-bond donors (Lipinski definition) is 0. The molecule has 0 aliphatic heterocycles. The molecule has 2 aromatic rings. The van der Waals surface area contributed by atoms with E-state index in [0.29, 0.717) is 15.2 Å². The highest BCUT2D eigenvalue weighted by Gasteiger charge is 2.26. The van der Waals surface area contributed by atoms with Gasteiger partial charge in [-0.1, -0.05) is 44.2 Å². The molecule has 0 aromatic heterocycles. The lowest BCUT2D eigenvalue weighted by atomic mass is 9.93. The molecule has 0 saturated heterocycles. The van der Waals surface area contributed by atoms with E-state index < -0.39 is 16.0 Å². The second kappa shape index (κ2) is 9.98. The van der Waals surface area contributed by atoms with Crippen molar-refractivity contribution >= 4 is 27.6 Å². The topological polar surface area (TPSA) is 72.9 Å². The van der Waals surface area contributed by atoms with Gasteiger partial charge in [-0.25, -0.2) is 8.42 Å². The molecule has 0 bridgehead atoms. The summed E-state index contributed by atoms with van der Waals surface area (Å²) in [4.78, 5) is 16.8. The van der Waals surface area contributed by atoms with Gasteiger partial charge in [0.05, 0.1) is 11.3 Å². The molecule has 0 unspecified atom stereocenters. The summed E-state index contributed by atoms with van der Waals surface area (Å²) in [5.41, 5.74) is 0.505. The lowest BCUT2D eigenvalue weighted by Crippen LogP contribution is -2.31. The molecule has 30 heavy (non-hydrogen) atoms. The van der Waals surface area contributed by atoms with E-state index in [2.05, 4.69) is 11.8 Å². The van der Waals surface area contributed by atoms with Crippen molar-refractivity contribution in [3.05, 3.63) is 59.1 Å². The zero-order valence-electron chi connectivity index (χ0n) is 17.3. The van der Waals surface area contributed by atoms with Crippen LogP contribution < -0.4 is 4.74 Å². The number of benzene rings is 2. The minimum atomic E-state index is -3.98. The van der Waals surface area contributed by atoms with Crippen molar-refractivity contribution in [2.75, 3.05) is 13.7 Å². The second-order valence-electron chi connectivity index (χ2n) is 7.68. The van der Waals surface area contributed by atoms with Crippen molar-refractivity contribution in [2.24, 2.45) is 5.41 Å². The molecule has 0 atom stereocenters. The van der Waals surface area contributed by atoms with Gasteiger partial charge < -0.3 is 9.57 Å². The molecule has 0 aliphatic carbocycles. The van der Waals surface area contributed by atoms with Crippen molar-refractivity contribution < 1.29 is 22.8 Å². The number of halogens is 1. The molecule has 0 spiro atoms. The van der Waals surface area contributed by atoms with E-state index in [1.165, 1.54) is 31.3 Å². The third kappa shape index (κ3) is 7.38. The summed E-state index contributed by atoms with van der Waals surface area (Å²) in [6.07, 6.45) is 0.0939. The van der Waals surface area contributed by atoms with Gasteiger partial charge in [0.25, 0.3) is 10.0 Å². The Bertz CT molecular complexity index is 1030. The van der Waals surface area contributed by atoms with E-state index in [0.717, 1.165) is 5.56 Å². The molecule has 6 nitrogen and oxygen atoms in total. The van der Waals surface area contributed by atoms with Crippen LogP contribution >= 0.6 is 11.6 Å². The molecule has 0 N–H and O–H groups in total. The molecule has 2 rings (SSSR count). The zero-order valence-corrected chi connectivity index (χ0v) is 18.9. The molecule has 0 amide bonds. The first-order chi connectivity index (χ1) is 14.0. The molecule has 2 aromatic carbocycles. The number of ether oxygens (including phenoxy) is 1. The van der Waals surface area contributed by atoms with Gasteiger partial charge in [-0.3, -0.25) is 4.79 Å². The fourth-order valence-corrected chi connectivity index (χ4v) is 3.39. The number of hydrogen-bond acceptors (Lipinski definition) is 5. The number of nitrogens with zero attached hydrogens (tertiary/aromatic N) is 1. The van der Waals surface area contributed by atoms with E-state index in [4.69, 9.17) is 21.2 Å². The van der Waals surface area contributed by atoms with Crippen LogP contribution in [-0.2, 0) is 19.7 Å². The van der Waals surface area contributed by atoms with Crippen LogP contribution in [0.5, 0.6) is 5.75 Å². The van der Waals surface area contributed by atoms with Crippen LogP contribution in [-0.4, -0.2) is 32.5 Å². The van der Waals surface area contributed by atoms with Crippen LogP contribution in [0.1, 0.15) is 32.8 Å². The highest BCUT2D eigenvalue weighted by Crippen LogP contribution is 2.22. The molecule has 0 fully saturated rings. The monoisotopic (exact) mass is 449 g/mol. The molecular formula is C22H24ClNO5S. The maximum Gasteiger partial charge on any atom is 0.327 e. The third-order valence-corrected chi connectivity index (χ3v) is 5.62. The van der Waals surface area contributed by atoms with Gasteiger partial charge >= 0.3 is 5.97 Å². The van der Waals surface area contributed by atoms with Crippen LogP contribution in [0.4, 0.5) is 0 Å². The second-order valence-corrected chi connectivity index (χ2v) is 10.1. The average Bonchev–Trinajstić information content (AvgIpc) is 2.65. The van der Waals surface area contributed by atoms with Gasteiger partial charge in [0, 0.05) is 17.6 Å². The van der Waals surface area contributed by atoms with Crippen LogP contribution in [0.25, 0.3) is 0 Å². The van der Waals surface area contributed by atoms with E-state index in [-0.39, 0.29) is 23.3 Å². The summed E-state index contributed by atoms with van der Waals surface area (Å²) in [5, 5.41) is 0.640. The predicted octanol–water partition coefficient (Wildman–Crippen LogP) is 4.29. The van der Waals surface area contributed by atoms with Crippen molar-refractivity contribution in [3.8, 4) is 17.6 Å². The first-order valence-electron chi connectivity index (χ1n) is 9.14. The molecular weight excluding hydrogens is 426 g/mol. The van der Waals surface area contributed by atoms with Gasteiger partial charge in [-0.15, -0.1) is 0 Å². The SMILES string of the molecule is CN(OC(=O)CC(C)(C)C)S(=O)(=O)c1ccc(OCC#Cc2ccc(Cl)cc2)cc1. The number of carbonyl (C=O) groups is 1. The number of carbonyl (C=O) groups excluding carboxylic acids is 1. The molecule has 0 saturated carbocycles. The minimum absolute atomic E-state index is 0.0202. The third-order valence-electron chi connectivity index (χ3n) is 3.75. The van der Waals surface area contributed by atoms with E-state index in [1.807, 2.05) is 20.8 Å². The van der Waals surface area contributed by atoms with Crippen LogP contribution in [0.2, 0.25) is 5.02 Å². The highest BCUT2D eigenvalue weighted by molar-refractivity contribution is 7.89. The maximum atomic E-state index is 12.6. The number of hydroxylamine groups is 1. The fourth-order valence-electron chi connectivity index (χ4n) is 2.30. The fraction of sp³-hybridized carbons (Fsp3) is 0.318. The summed E-state index contributed by atoms with van der Waals surface area (Å²) >= 11 is 5.82. The summed E-state index contributed by atoms with van der Waals surface area (Å²) in [6, 6.07) is 12.9. The summed E-state index contributed by atoms with van der Waals surface area (Å²) < 4.78 is 31.2. The largest absolute Gasteiger partial charge is 0.481 e. The Balaban J connectivity index is 1.95. The molecule has 0 aliphatic rings. The minimum Gasteiger partial charge on any atom is -0.481 e. The van der Waals surface area contributed by atoms with Gasteiger partial charge in [0.1, 0.15) is 12.4 Å². The molecule has 8 heteroatoms. The summed E-state index contributed by atoms with van der Waals surface area (Å²) in [5.74, 6) is 5.66. The van der Waals surface area contributed by atoms with Crippen molar-refractivity contribution in [3.63, 3.8) is 0 Å². The van der Waals surface area contributed by atoms with Gasteiger partial charge in [0.15, 0.2) is 0 Å². The Labute approximate surface area is 182 Å². The van der Waals surface area contributed by atoms with E-state index >= 15 is 0 Å². The molecule has 0 radical (unpaired) electrons. The Morgan fingerprint density at radius 1 is 1.07 bits per heavy atom. The lowest BCUT2D eigenvalue weighted by molar-refractivity contribution is -0.168. The Morgan fingerprint density at radius 2 is 1.67 bits per heavy atom. The molecule has 160 valence electrons. The van der Waals surface area contributed by atoms with Crippen LogP contribution in [0.3, 0.4) is 0 Å². The summed E-state index contributed by atoms with van der Waals surface area (Å²) in [7, 11) is -2.79. The molecule has 0 heterocycles. The Morgan fingerprint density at radius 3 is 2.23 bits per heavy atom. The van der Waals surface area contributed by atoms with Gasteiger partial charge in [-0.05, 0) is 58.4 Å². The van der Waals surface area contributed by atoms with E-state index in [9.17, 15) is 13.2 Å². The first-order valence-corrected chi connectivity index (χ1v) is 11.0. The highest BCUT2D eigenvalue weighted by atomic mass is 35.5. The smallest absolute Gasteiger partial charge is 0.327 e. The van der Waals surface area contributed by atoms with Crippen LogP contribution in [0.15, 0.2) is 53.4 Å². The predicted molar refractivity (Wildman–Crippen MR) is 115 cm³/mol. The Hall–Kier alpha value is -2.53. The maximum absolute atomic E-state index is 12.6. The summed E-state index contributed by atoms with van der Waals surface area (Å²) in [6.45, 7) is 5.73. The van der Waals surface area contributed by atoms with Crippen LogP contribution in [0, 0.1) is 17.3 Å². The van der Waals surface area contributed by atoms with Gasteiger partial charge in [0.2, 0.25) is 0 Å². The number of sulfonamides is 1. The van der Waals surface area contributed by atoms with E-state index in [1.54, 1.807) is 24.3 Å². The lowest BCUT2D eigenvalue weighted by Gasteiger charge is -2.20. The Kier molecular flexibility index (Phi) is 7.90. The zero-order chi connectivity index (χ0) is 22.4. The van der Waals surface area contributed by atoms with Crippen molar-refractivity contribution in [1.29, 1.82) is 0 Å². The first kappa shape index (κ1) is 23.7.